The highest BCUT2D eigenvalue weighted by atomic mass is 35.5. The van der Waals surface area contributed by atoms with Gasteiger partial charge in [-0.25, -0.2) is 0 Å². The number of nitrogens with zero attached hydrogens (tertiary/aromatic N) is 2. The molecule has 0 aliphatic carbocycles. The number of hydrazone groups is 1. The van der Waals surface area contributed by atoms with Crippen molar-refractivity contribution in [2.45, 2.75) is 13.0 Å². The van der Waals surface area contributed by atoms with Crippen LogP contribution >= 0.6 is 34.8 Å². The first-order chi connectivity index (χ1) is 11.4. The molecule has 0 fully saturated rings. The normalized spacial score (nSPS) is 20.2. The maximum Gasteiger partial charge on any atom is 0.268 e. The van der Waals surface area contributed by atoms with E-state index >= 15 is 0 Å². The zero-order chi connectivity index (χ0) is 17.4. The molecule has 1 aliphatic heterocycles. The molecule has 0 bridgehead atoms. The van der Waals surface area contributed by atoms with E-state index in [1.54, 1.807) is 23.2 Å². The average molecular weight is 383 g/mol. The van der Waals surface area contributed by atoms with E-state index in [4.69, 9.17) is 40.5 Å². The van der Waals surface area contributed by atoms with Crippen LogP contribution in [0.1, 0.15) is 18.5 Å². The summed E-state index contributed by atoms with van der Waals surface area (Å²) in [6.45, 7) is 1.91. The van der Waals surface area contributed by atoms with E-state index in [9.17, 15) is 4.79 Å². The second-order valence-electron chi connectivity index (χ2n) is 5.60. The Kier molecular flexibility index (Phi) is 4.72. The summed E-state index contributed by atoms with van der Waals surface area (Å²) >= 11 is 18.0. The molecule has 1 aliphatic rings. The lowest BCUT2D eigenvalue weighted by atomic mass is 9.91. The fourth-order valence-corrected chi connectivity index (χ4v) is 3.55. The molecule has 0 radical (unpaired) electrons. The van der Waals surface area contributed by atoms with Gasteiger partial charge in [0, 0.05) is 16.6 Å². The second kappa shape index (κ2) is 6.63. The molecule has 0 saturated heterocycles. The van der Waals surface area contributed by atoms with Crippen LogP contribution in [0.4, 0.5) is 11.4 Å². The van der Waals surface area contributed by atoms with Gasteiger partial charge in [0.15, 0.2) is 0 Å². The lowest BCUT2D eigenvalue weighted by Crippen LogP contribution is -2.25. The molecule has 2 aromatic carbocycles. The number of hydrogen-bond donors (Lipinski definition) is 1. The van der Waals surface area contributed by atoms with E-state index in [0.717, 1.165) is 5.56 Å². The van der Waals surface area contributed by atoms with Crippen LogP contribution in [0.3, 0.4) is 0 Å². The van der Waals surface area contributed by atoms with Crippen LogP contribution in [0.2, 0.25) is 10.0 Å². The molecule has 0 saturated carbocycles. The minimum Gasteiger partial charge on any atom is -0.399 e. The number of carbonyl (C=O) groups is 1. The highest BCUT2D eigenvalue weighted by molar-refractivity contribution is 6.82. The Hall–Kier alpha value is -1.75. The summed E-state index contributed by atoms with van der Waals surface area (Å²) in [7, 11) is 0. The summed E-state index contributed by atoms with van der Waals surface area (Å²) < 4.78 is 0. The molecule has 2 atom stereocenters. The third-order valence-corrected chi connectivity index (χ3v) is 4.75. The van der Waals surface area contributed by atoms with Gasteiger partial charge in [0.25, 0.3) is 5.24 Å². The molecule has 124 valence electrons. The van der Waals surface area contributed by atoms with Gasteiger partial charge in [0.05, 0.1) is 16.8 Å². The third kappa shape index (κ3) is 3.09. The average Bonchev–Trinajstić information content (AvgIpc) is 2.86. The minimum absolute atomic E-state index is 0.203. The fourth-order valence-electron chi connectivity index (χ4n) is 2.84. The van der Waals surface area contributed by atoms with E-state index in [-0.39, 0.29) is 12.0 Å². The Balaban J connectivity index is 2.11. The Morgan fingerprint density at radius 3 is 2.42 bits per heavy atom. The molecule has 2 unspecified atom stereocenters. The molecule has 2 N–H and O–H groups in total. The van der Waals surface area contributed by atoms with Gasteiger partial charge in [-0.1, -0.05) is 42.3 Å². The van der Waals surface area contributed by atoms with Crippen molar-refractivity contribution < 1.29 is 4.79 Å². The van der Waals surface area contributed by atoms with Crippen LogP contribution in [0.5, 0.6) is 0 Å². The van der Waals surface area contributed by atoms with Gasteiger partial charge in [0.1, 0.15) is 5.71 Å². The highest BCUT2D eigenvalue weighted by Gasteiger charge is 2.39. The molecular formula is C17H14Cl3N3O. The first kappa shape index (κ1) is 17.1. The summed E-state index contributed by atoms with van der Waals surface area (Å²) in [6.07, 6.45) is 0. The number of halogens is 3. The Labute approximate surface area is 154 Å². The maximum atomic E-state index is 11.7. The Bertz CT molecular complexity index is 820. The van der Waals surface area contributed by atoms with Gasteiger partial charge in [-0.05, 0) is 47.5 Å². The molecule has 1 heterocycles. The van der Waals surface area contributed by atoms with Crippen LogP contribution in [0, 0.1) is 5.92 Å². The van der Waals surface area contributed by atoms with E-state index in [1.165, 1.54) is 0 Å². The van der Waals surface area contributed by atoms with E-state index in [0.29, 0.717) is 27.1 Å². The first-order valence-corrected chi connectivity index (χ1v) is 8.40. The predicted molar refractivity (Wildman–Crippen MR) is 100.0 cm³/mol. The van der Waals surface area contributed by atoms with Crippen molar-refractivity contribution in [1.29, 1.82) is 0 Å². The molecule has 4 nitrogen and oxygen atoms in total. The number of nitrogen functional groups attached to an aromatic ring is 1. The van der Waals surface area contributed by atoms with E-state index in [2.05, 4.69) is 5.10 Å². The van der Waals surface area contributed by atoms with E-state index < -0.39 is 5.24 Å². The van der Waals surface area contributed by atoms with Crippen LogP contribution in [0.25, 0.3) is 0 Å². The van der Waals surface area contributed by atoms with Gasteiger partial charge < -0.3 is 5.73 Å². The number of hydrogen-bond acceptors (Lipinski definition) is 4. The second-order valence-corrected chi connectivity index (χ2v) is 6.79. The maximum absolute atomic E-state index is 11.7. The molecule has 0 spiro atoms. The number of benzene rings is 2. The van der Waals surface area contributed by atoms with Gasteiger partial charge in [0.2, 0.25) is 0 Å². The summed E-state index contributed by atoms with van der Waals surface area (Å²) in [5.74, 6) is -0.203. The SMILES string of the molecule is CC1C(C(=O)Cl)=NN(c2ccc(Cl)cc2Cl)C1c1ccc(N)cc1. The molecular weight excluding hydrogens is 369 g/mol. The molecule has 2 aromatic rings. The van der Waals surface area contributed by atoms with Gasteiger partial charge >= 0.3 is 0 Å². The number of carbonyl (C=O) groups excluding carboxylic acids is 1. The van der Waals surface area contributed by atoms with Crippen LogP contribution in [0.15, 0.2) is 47.6 Å². The van der Waals surface area contributed by atoms with Crippen molar-refractivity contribution in [3.8, 4) is 0 Å². The van der Waals surface area contributed by atoms with Crippen molar-refractivity contribution in [1.82, 2.24) is 0 Å². The Morgan fingerprint density at radius 1 is 1.17 bits per heavy atom. The van der Waals surface area contributed by atoms with Crippen LogP contribution in [-0.2, 0) is 4.79 Å². The quantitative estimate of drug-likeness (QED) is 0.607. The summed E-state index contributed by atoms with van der Waals surface area (Å²) in [4.78, 5) is 11.7. The zero-order valence-corrected chi connectivity index (χ0v) is 15.0. The monoisotopic (exact) mass is 381 g/mol. The first-order valence-electron chi connectivity index (χ1n) is 7.26. The zero-order valence-electron chi connectivity index (χ0n) is 12.7. The van der Waals surface area contributed by atoms with E-state index in [1.807, 2.05) is 31.2 Å². The highest BCUT2D eigenvalue weighted by Crippen LogP contribution is 2.42. The summed E-state index contributed by atoms with van der Waals surface area (Å²) in [6, 6.07) is 12.3. The molecule has 24 heavy (non-hydrogen) atoms. The van der Waals surface area contributed by atoms with Crippen molar-refractivity contribution in [2.75, 3.05) is 10.7 Å². The summed E-state index contributed by atoms with van der Waals surface area (Å²) in [5, 5.41) is 6.53. The number of anilines is 2. The Morgan fingerprint density at radius 2 is 1.83 bits per heavy atom. The smallest absolute Gasteiger partial charge is 0.268 e. The van der Waals surface area contributed by atoms with Gasteiger partial charge in [-0.3, -0.25) is 9.80 Å². The number of nitrogens with two attached hydrogens (primary N) is 1. The fraction of sp³-hybridized carbons (Fsp3) is 0.176. The third-order valence-electron chi connectivity index (χ3n) is 4.02. The van der Waals surface area contributed by atoms with Crippen molar-refractivity contribution in [2.24, 2.45) is 11.0 Å². The minimum atomic E-state index is -0.574. The largest absolute Gasteiger partial charge is 0.399 e. The lowest BCUT2D eigenvalue weighted by Gasteiger charge is -2.27. The van der Waals surface area contributed by atoms with Crippen molar-refractivity contribution in [3.05, 3.63) is 58.1 Å². The summed E-state index contributed by atoms with van der Waals surface area (Å²) in [5.41, 5.74) is 8.34. The molecule has 0 amide bonds. The van der Waals surface area contributed by atoms with Crippen LogP contribution in [-0.4, -0.2) is 11.0 Å². The molecule has 0 aromatic heterocycles. The molecule has 7 heteroatoms. The van der Waals surface area contributed by atoms with Crippen molar-refractivity contribution in [3.63, 3.8) is 0 Å². The predicted octanol–water partition coefficient (Wildman–Crippen LogP) is 4.89. The number of rotatable bonds is 3. The standard InChI is InChI=1S/C17H14Cl3N3O/c1-9-15(17(20)24)22-23(14-7-4-11(18)8-13(14)19)16(9)10-2-5-12(21)6-3-10/h2-9,16H,21H2,1H3. The van der Waals surface area contributed by atoms with Gasteiger partial charge in [-0.15, -0.1) is 0 Å². The van der Waals surface area contributed by atoms with Gasteiger partial charge in [-0.2, -0.15) is 5.10 Å². The topological polar surface area (TPSA) is 58.7 Å². The lowest BCUT2D eigenvalue weighted by molar-refractivity contribution is -0.106. The van der Waals surface area contributed by atoms with Crippen molar-refractivity contribution >= 4 is 57.1 Å². The van der Waals surface area contributed by atoms with Crippen LogP contribution < -0.4 is 10.7 Å². The molecule has 3 rings (SSSR count).